The Morgan fingerprint density at radius 2 is 0.695 bits per heavy atom. The fourth-order valence-electron chi connectivity index (χ4n) is 16.9. The highest BCUT2D eigenvalue weighted by Gasteiger charge is 2.62. The van der Waals surface area contributed by atoms with E-state index in [9.17, 15) is 157 Å². The lowest BCUT2D eigenvalue weighted by Gasteiger charge is -2.51. The molecule has 10 aliphatic heterocycles. The molecule has 30 N–H and O–H groups in total. The SMILES string of the molecule is CC(=O)NC1C(O)[C@H](O[C@@H]2OC(CO[C@]3(OC=O)C[C@@H](O)[C@@H](C)C([C@H](O)[C@H](O)CO)O3)[C@H](O)[C@H](O)C2O)[C@H](CO)O[C@H]1OC1[C@@H](OCC2O[C@@H](O[C@@H]3C(CO)O[C@@H](O[C@@H]4C(CO)O[C@@H](C)C(NC(C)=O)[C@H]4O)C(NC(C)=O)[C@H]3O)C(O)[C@@H](O[C@H]3OC(CO)[C@@H](O)C(O)C3O[C@@H]3OC(CO)[C@@H](O[C@@H]4OC(C)[C@H](O)[C@H](O)C4O)[C@H](O)C3NC(C)=O)[C@@H]2O)OC(CO)[C@@H](O)[C@@H]1O. The fourth-order valence-corrected chi connectivity index (χ4v) is 16.9. The zero-order valence-corrected chi connectivity index (χ0v) is 69.8. The molecule has 0 radical (unpaired) electrons. The van der Waals surface area contributed by atoms with Gasteiger partial charge in [-0.2, -0.15) is 0 Å². The molecule has 20 unspecified atom stereocenters. The normalized spacial score (nSPS) is 48.4. The van der Waals surface area contributed by atoms with Crippen molar-refractivity contribution in [2.24, 2.45) is 5.92 Å². The molecule has 4 amide bonds. The molecule has 51 atom stereocenters. The molecule has 10 fully saturated rings. The van der Waals surface area contributed by atoms with Gasteiger partial charge in [0.05, 0.1) is 96.3 Å². The summed E-state index contributed by atoms with van der Waals surface area (Å²) in [6.45, 7) is -2.11. The third-order valence-electron chi connectivity index (χ3n) is 23.9. The molecule has 0 saturated carbocycles. The molecule has 10 saturated heterocycles. The molecular formula is C73H122N4O51. The van der Waals surface area contributed by atoms with Gasteiger partial charge in [0.25, 0.3) is 6.47 Å². The predicted molar refractivity (Wildman–Crippen MR) is 398 cm³/mol. The molecule has 740 valence electrons. The molecule has 0 spiro atoms. The molecule has 0 aromatic carbocycles. The highest BCUT2D eigenvalue weighted by molar-refractivity contribution is 5.74. The molecule has 10 rings (SSSR count). The molecule has 55 nitrogen and oxygen atoms in total. The fraction of sp³-hybridized carbons (Fsp3) is 0.932. The van der Waals surface area contributed by atoms with Crippen LogP contribution in [0.2, 0.25) is 0 Å². The molecule has 10 aliphatic rings. The Labute approximate surface area is 727 Å². The number of nitrogens with one attached hydrogen (secondary N) is 4. The highest BCUT2D eigenvalue weighted by Crippen LogP contribution is 2.43. The highest BCUT2D eigenvalue weighted by atomic mass is 16.9. The molecule has 0 bridgehead atoms. The maximum Gasteiger partial charge on any atom is 0.332 e. The van der Waals surface area contributed by atoms with E-state index in [4.69, 9.17) is 94.7 Å². The third-order valence-corrected chi connectivity index (χ3v) is 23.9. The Morgan fingerprint density at radius 3 is 1.12 bits per heavy atom. The average molecular weight is 1870 g/mol. The Balaban J connectivity index is 0.953. The van der Waals surface area contributed by atoms with Crippen LogP contribution in [0, 0.1) is 5.92 Å². The second-order valence-corrected chi connectivity index (χ2v) is 32.9. The van der Waals surface area contributed by atoms with E-state index in [1.807, 2.05) is 0 Å². The Morgan fingerprint density at radius 1 is 0.352 bits per heavy atom. The summed E-state index contributed by atoms with van der Waals surface area (Å²) in [5, 5.41) is 303. The molecular weight excluding hydrogens is 1750 g/mol. The van der Waals surface area contributed by atoms with Gasteiger partial charge in [-0.1, -0.05) is 6.92 Å². The van der Waals surface area contributed by atoms with Crippen molar-refractivity contribution < 1.29 is 251 Å². The number of carbonyl (C=O) groups is 5. The maximum atomic E-state index is 13.2. The molecule has 55 heteroatoms. The number of amides is 4. The first-order valence-electron chi connectivity index (χ1n) is 41.3. The second-order valence-electron chi connectivity index (χ2n) is 32.9. The summed E-state index contributed by atoms with van der Waals surface area (Å²) in [6.07, 6.45) is -92.3. The van der Waals surface area contributed by atoms with E-state index < -0.39 is 402 Å². The summed E-state index contributed by atoms with van der Waals surface area (Å²) in [6, 6.07) is -7.06. The van der Waals surface area contributed by atoms with Gasteiger partial charge in [-0.15, -0.1) is 0 Å². The maximum absolute atomic E-state index is 13.2. The minimum Gasteiger partial charge on any atom is -0.410 e. The lowest BCUT2D eigenvalue weighted by molar-refractivity contribution is -0.424. The molecule has 128 heavy (non-hydrogen) atoms. The van der Waals surface area contributed by atoms with Gasteiger partial charge in [0, 0.05) is 33.6 Å². The largest absolute Gasteiger partial charge is 0.410 e. The first-order chi connectivity index (χ1) is 60.5. The first kappa shape index (κ1) is 106. The summed E-state index contributed by atoms with van der Waals surface area (Å²) < 4.78 is 119. The summed E-state index contributed by atoms with van der Waals surface area (Å²) in [4.78, 5) is 63.5. The van der Waals surface area contributed by atoms with Gasteiger partial charge in [0.15, 0.2) is 50.3 Å². The first-order valence-corrected chi connectivity index (χ1v) is 41.3. The minimum atomic E-state index is -2.66. The summed E-state index contributed by atoms with van der Waals surface area (Å²) in [5.41, 5.74) is 0. The topological polar surface area (TPSA) is 844 Å². The van der Waals surface area contributed by atoms with Gasteiger partial charge in [-0.3, -0.25) is 24.0 Å². The van der Waals surface area contributed by atoms with Crippen LogP contribution in [0.1, 0.15) is 54.9 Å². The van der Waals surface area contributed by atoms with Gasteiger partial charge < -0.3 is 249 Å². The third kappa shape index (κ3) is 23.4. The van der Waals surface area contributed by atoms with E-state index in [0.717, 1.165) is 27.7 Å². The van der Waals surface area contributed by atoms with Gasteiger partial charge >= 0.3 is 5.97 Å². The van der Waals surface area contributed by atoms with E-state index in [1.54, 1.807) is 0 Å². The van der Waals surface area contributed by atoms with E-state index in [1.165, 1.54) is 20.8 Å². The van der Waals surface area contributed by atoms with Crippen molar-refractivity contribution in [1.29, 1.82) is 0 Å². The van der Waals surface area contributed by atoms with Crippen molar-refractivity contribution in [3.63, 3.8) is 0 Å². The number of hydrogen-bond acceptors (Lipinski definition) is 51. The van der Waals surface area contributed by atoms with E-state index in [-0.39, 0.29) is 6.47 Å². The standard InChI is InChI=1S/C73H122N4O51/c1-19-26(90)8-73(111-18-85,128-57(19)41(93)27(91)9-78)110-17-35-44(96)51(103)55(107)69(120-35)123-60-32(14-83)117-66(38(49(60)101)76-24(6)88)126-63-52(104)42(94)28(10-79)114-71(63)109-16-34-45(97)62(56(108)70(119-34)124-61-33(15-84)116-65(37(47(61)99)75-23(5)87)121-58-30(12-81)112-20(2)36(46(58)98)74-22(4)86)125-72-64(53(105)43(95)29(11-80)115-72)127-67-39(77-25(7)89)48(100)59(31(13-82)118-67)122-68-54(106)50(102)40(92)21(3)113-68/h18-21,26-72,78-84,90-108H,8-17H2,1-7H3,(H,74,86)(H,75,87)(H,76,88)(H,77,89)/t19-,20+,21?,26-,27-,28?,29?,30?,31?,32+,33?,34?,35?,36?,37?,38?,39?,40+,41-,42-,43-,44+,45-,46-,47-,48-,49?,50+,51+,52+,53?,54?,55?,56?,57?,58-,59-,60-,61-,62+,63?,64?,65+,66+,67+,68+,69+,70+,71+,72-,73+/m1/s1. The monoisotopic (exact) mass is 1870 g/mol. The van der Waals surface area contributed by atoms with Crippen LogP contribution in [0.15, 0.2) is 0 Å². The number of ether oxygens (including phenoxy) is 20. The average Bonchev–Trinajstić information content (AvgIpc) is 0.767. The van der Waals surface area contributed by atoms with Crippen LogP contribution in [-0.4, -0.2) is 529 Å². The van der Waals surface area contributed by atoms with Crippen molar-refractivity contribution >= 4 is 30.1 Å². The Kier molecular flexibility index (Phi) is 37.9. The van der Waals surface area contributed by atoms with Crippen molar-refractivity contribution in [3.05, 3.63) is 0 Å². The van der Waals surface area contributed by atoms with Crippen LogP contribution in [0.4, 0.5) is 0 Å². The van der Waals surface area contributed by atoms with Crippen molar-refractivity contribution in [3.8, 4) is 0 Å². The summed E-state index contributed by atoms with van der Waals surface area (Å²) in [5.74, 6) is -7.19. The van der Waals surface area contributed by atoms with Gasteiger partial charge in [-0.25, -0.2) is 0 Å². The van der Waals surface area contributed by atoms with E-state index in [2.05, 4.69) is 21.3 Å². The van der Waals surface area contributed by atoms with Crippen LogP contribution in [0.25, 0.3) is 0 Å². The van der Waals surface area contributed by atoms with Crippen LogP contribution >= 0.6 is 0 Å². The van der Waals surface area contributed by atoms with Gasteiger partial charge in [0.1, 0.15) is 220 Å². The predicted octanol–water partition coefficient (Wildman–Crippen LogP) is -19.6. The minimum absolute atomic E-state index is 0.189. The number of rotatable bonds is 35. The quantitative estimate of drug-likeness (QED) is 0.0207. The zero-order chi connectivity index (χ0) is 94.4. The van der Waals surface area contributed by atoms with E-state index in [0.29, 0.717) is 0 Å². The van der Waals surface area contributed by atoms with Crippen molar-refractivity contribution in [2.45, 2.75) is 361 Å². The smallest absolute Gasteiger partial charge is 0.332 e. The lowest BCUT2D eigenvalue weighted by atomic mass is 9.87. The number of hydrogen-bond donors (Lipinski definition) is 30. The lowest BCUT2D eigenvalue weighted by Crippen LogP contribution is -2.71. The molecule has 0 aromatic rings. The second kappa shape index (κ2) is 45.9. The van der Waals surface area contributed by atoms with Crippen molar-refractivity contribution in [1.82, 2.24) is 21.3 Å². The number of carbonyl (C=O) groups excluding carboxylic acids is 5. The number of aliphatic hydroxyl groups excluding tert-OH is 26. The van der Waals surface area contributed by atoms with Crippen LogP contribution in [-0.2, 0) is 119 Å². The van der Waals surface area contributed by atoms with E-state index >= 15 is 0 Å². The summed E-state index contributed by atoms with van der Waals surface area (Å²) >= 11 is 0. The van der Waals surface area contributed by atoms with Gasteiger partial charge in [0.2, 0.25) is 23.6 Å². The molecule has 0 aliphatic carbocycles. The Bertz CT molecular complexity index is 3500. The number of aliphatic hydroxyl groups is 26. The van der Waals surface area contributed by atoms with Crippen LogP contribution in [0.3, 0.4) is 0 Å². The zero-order valence-electron chi connectivity index (χ0n) is 69.8. The van der Waals surface area contributed by atoms with Gasteiger partial charge in [-0.05, 0) is 13.8 Å². The van der Waals surface area contributed by atoms with Crippen molar-refractivity contribution in [2.75, 3.05) is 59.5 Å². The Hall–Kier alpha value is -4.45. The van der Waals surface area contributed by atoms with Crippen LogP contribution < -0.4 is 21.3 Å². The summed E-state index contributed by atoms with van der Waals surface area (Å²) in [7, 11) is 0. The molecule has 0 aromatic heterocycles. The molecule has 10 heterocycles. The van der Waals surface area contributed by atoms with Crippen LogP contribution in [0.5, 0.6) is 0 Å².